The number of anilines is 1. The van der Waals surface area contributed by atoms with Crippen molar-refractivity contribution in [2.45, 2.75) is 6.04 Å². The second kappa shape index (κ2) is 5.79. The number of rotatable bonds is 4. The van der Waals surface area contributed by atoms with E-state index in [0.29, 0.717) is 19.8 Å². The maximum Gasteiger partial charge on any atom is 0.163 e. The summed E-state index contributed by atoms with van der Waals surface area (Å²) in [7, 11) is 0. The summed E-state index contributed by atoms with van der Waals surface area (Å²) in [5.41, 5.74) is 7.92. The average molecular weight is 271 g/mol. The summed E-state index contributed by atoms with van der Waals surface area (Å²) in [6.45, 7) is 1.68. The zero-order valence-electron chi connectivity index (χ0n) is 11.1. The van der Waals surface area contributed by atoms with E-state index in [-0.39, 0.29) is 6.04 Å². The molecule has 1 unspecified atom stereocenters. The number of hydrogen-bond donors (Lipinski definition) is 2. The molecule has 0 amide bonds. The van der Waals surface area contributed by atoms with Crippen LogP contribution in [0.1, 0.15) is 11.6 Å². The molecule has 104 valence electrons. The van der Waals surface area contributed by atoms with Crippen LogP contribution in [0.15, 0.2) is 42.7 Å². The number of hydrogen-bond acceptors (Lipinski definition) is 5. The minimum atomic E-state index is 0.0422. The molecule has 2 aromatic rings. The number of aromatic nitrogens is 1. The second-order valence-electron chi connectivity index (χ2n) is 4.57. The average Bonchev–Trinajstić information content (AvgIpc) is 2.53. The fourth-order valence-electron chi connectivity index (χ4n) is 2.21. The highest BCUT2D eigenvalue weighted by molar-refractivity contribution is 5.56. The number of nitrogens with one attached hydrogen (secondary N) is 1. The molecule has 0 fully saturated rings. The van der Waals surface area contributed by atoms with Crippen molar-refractivity contribution in [2.24, 2.45) is 5.73 Å². The first kappa shape index (κ1) is 12.7. The number of fused-ring (bicyclic) bond motifs is 1. The first-order chi connectivity index (χ1) is 9.86. The minimum Gasteiger partial charge on any atom is -0.486 e. The van der Waals surface area contributed by atoms with E-state index in [4.69, 9.17) is 15.2 Å². The van der Waals surface area contributed by atoms with Crippen LogP contribution in [-0.2, 0) is 0 Å². The third kappa shape index (κ3) is 2.67. The Morgan fingerprint density at radius 1 is 1.10 bits per heavy atom. The van der Waals surface area contributed by atoms with E-state index in [9.17, 15) is 0 Å². The molecule has 1 aliphatic heterocycles. The van der Waals surface area contributed by atoms with Gasteiger partial charge >= 0.3 is 0 Å². The molecule has 1 aromatic carbocycles. The van der Waals surface area contributed by atoms with Crippen molar-refractivity contribution in [3.05, 3.63) is 48.3 Å². The van der Waals surface area contributed by atoms with Crippen LogP contribution < -0.4 is 20.5 Å². The summed E-state index contributed by atoms with van der Waals surface area (Å²) >= 11 is 0. The van der Waals surface area contributed by atoms with Gasteiger partial charge in [-0.25, -0.2) is 0 Å². The van der Waals surface area contributed by atoms with E-state index >= 15 is 0 Å². The Balaban J connectivity index is 1.79. The Morgan fingerprint density at radius 2 is 1.85 bits per heavy atom. The molecule has 5 nitrogen and oxygen atoms in total. The summed E-state index contributed by atoms with van der Waals surface area (Å²) in [6.07, 6.45) is 3.53. The molecule has 0 bridgehead atoms. The number of pyridine rings is 1. The lowest BCUT2D eigenvalue weighted by atomic mass is 10.1. The first-order valence-corrected chi connectivity index (χ1v) is 6.63. The molecule has 0 saturated heterocycles. The Labute approximate surface area is 117 Å². The molecule has 0 spiro atoms. The Morgan fingerprint density at radius 3 is 2.60 bits per heavy atom. The smallest absolute Gasteiger partial charge is 0.163 e. The summed E-state index contributed by atoms with van der Waals surface area (Å²) in [5.74, 6) is 1.56. The summed E-state index contributed by atoms with van der Waals surface area (Å²) in [6, 6.07) is 9.79. The van der Waals surface area contributed by atoms with Gasteiger partial charge in [0.2, 0.25) is 0 Å². The second-order valence-corrected chi connectivity index (χ2v) is 4.57. The van der Waals surface area contributed by atoms with Gasteiger partial charge in [-0.15, -0.1) is 0 Å². The van der Waals surface area contributed by atoms with Crippen molar-refractivity contribution in [1.29, 1.82) is 0 Å². The zero-order chi connectivity index (χ0) is 13.8. The van der Waals surface area contributed by atoms with Crippen LogP contribution in [0, 0.1) is 0 Å². The van der Waals surface area contributed by atoms with Gasteiger partial charge in [0.25, 0.3) is 0 Å². The van der Waals surface area contributed by atoms with Gasteiger partial charge in [-0.05, 0) is 29.8 Å². The molecule has 1 aliphatic rings. The van der Waals surface area contributed by atoms with E-state index in [1.807, 2.05) is 30.3 Å². The Bertz CT molecular complexity index is 575. The van der Waals surface area contributed by atoms with Crippen LogP contribution in [0.2, 0.25) is 0 Å². The monoisotopic (exact) mass is 271 g/mol. The van der Waals surface area contributed by atoms with Gasteiger partial charge in [0.15, 0.2) is 11.5 Å². The summed E-state index contributed by atoms with van der Waals surface area (Å²) in [5, 5.41) is 3.41. The van der Waals surface area contributed by atoms with Crippen molar-refractivity contribution >= 4 is 5.69 Å². The first-order valence-electron chi connectivity index (χ1n) is 6.63. The number of nitrogens with two attached hydrogens (primary N) is 1. The number of benzene rings is 1. The lowest BCUT2D eigenvalue weighted by Crippen LogP contribution is -2.21. The fourth-order valence-corrected chi connectivity index (χ4v) is 2.21. The van der Waals surface area contributed by atoms with Crippen LogP contribution in [0.3, 0.4) is 0 Å². The fraction of sp³-hybridized carbons (Fsp3) is 0.267. The van der Waals surface area contributed by atoms with Gasteiger partial charge in [-0.3, -0.25) is 4.98 Å². The molecular weight excluding hydrogens is 254 g/mol. The lowest BCUT2D eigenvalue weighted by molar-refractivity contribution is 0.171. The molecule has 0 saturated carbocycles. The SMILES string of the molecule is NCC(Nc1ccc2c(c1)OCCO2)c1ccncc1. The van der Waals surface area contributed by atoms with Crippen LogP contribution in [-0.4, -0.2) is 24.7 Å². The number of ether oxygens (including phenoxy) is 2. The highest BCUT2D eigenvalue weighted by Crippen LogP contribution is 2.33. The zero-order valence-corrected chi connectivity index (χ0v) is 11.1. The van der Waals surface area contributed by atoms with E-state index < -0.39 is 0 Å². The van der Waals surface area contributed by atoms with Crippen molar-refractivity contribution < 1.29 is 9.47 Å². The summed E-state index contributed by atoms with van der Waals surface area (Å²) < 4.78 is 11.1. The standard InChI is InChI=1S/C15H17N3O2/c16-10-13(11-3-5-17-6-4-11)18-12-1-2-14-15(9-12)20-8-7-19-14/h1-6,9,13,18H,7-8,10,16H2. The molecule has 0 radical (unpaired) electrons. The summed E-state index contributed by atoms with van der Waals surface area (Å²) in [4.78, 5) is 4.02. The van der Waals surface area contributed by atoms with E-state index in [2.05, 4.69) is 10.3 Å². The van der Waals surface area contributed by atoms with Gasteiger partial charge in [-0.1, -0.05) is 0 Å². The molecule has 2 heterocycles. The molecule has 0 aliphatic carbocycles. The topological polar surface area (TPSA) is 69.4 Å². The molecular formula is C15H17N3O2. The third-order valence-corrected chi connectivity index (χ3v) is 3.23. The number of nitrogens with zero attached hydrogens (tertiary/aromatic N) is 1. The Kier molecular flexibility index (Phi) is 3.69. The van der Waals surface area contributed by atoms with Gasteiger partial charge in [-0.2, -0.15) is 0 Å². The van der Waals surface area contributed by atoms with E-state index in [1.165, 1.54) is 0 Å². The van der Waals surface area contributed by atoms with Gasteiger partial charge in [0, 0.05) is 30.7 Å². The maximum absolute atomic E-state index is 5.85. The highest BCUT2D eigenvalue weighted by atomic mass is 16.6. The van der Waals surface area contributed by atoms with Crippen molar-refractivity contribution in [3.8, 4) is 11.5 Å². The minimum absolute atomic E-state index is 0.0422. The van der Waals surface area contributed by atoms with Crippen molar-refractivity contribution in [2.75, 3.05) is 25.1 Å². The Hall–Kier alpha value is -2.27. The molecule has 1 atom stereocenters. The quantitative estimate of drug-likeness (QED) is 0.889. The van der Waals surface area contributed by atoms with Crippen molar-refractivity contribution in [3.63, 3.8) is 0 Å². The normalized spacial score (nSPS) is 14.7. The van der Waals surface area contributed by atoms with Gasteiger partial charge in [0.05, 0.1) is 6.04 Å². The molecule has 20 heavy (non-hydrogen) atoms. The maximum atomic E-state index is 5.85. The van der Waals surface area contributed by atoms with Crippen LogP contribution in [0.4, 0.5) is 5.69 Å². The molecule has 1 aromatic heterocycles. The third-order valence-electron chi connectivity index (χ3n) is 3.23. The predicted molar refractivity (Wildman–Crippen MR) is 77.1 cm³/mol. The van der Waals surface area contributed by atoms with E-state index in [1.54, 1.807) is 12.4 Å². The van der Waals surface area contributed by atoms with Crippen LogP contribution in [0.25, 0.3) is 0 Å². The highest BCUT2D eigenvalue weighted by Gasteiger charge is 2.14. The molecule has 5 heteroatoms. The largest absolute Gasteiger partial charge is 0.486 e. The molecule has 3 N–H and O–H groups in total. The predicted octanol–water partition coefficient (Wildman–Crippen LogP) is 1.96. The van der Waals surface area contributed by atoms with Crippen LogP contribution in [0.5, 0.6) is 11.5 Å². The van der Waals surface area contributed by atoms with Gasteiger partial charge in [0.1, 0.15) is 13.2 Å². The van der Waals surface area contributed by atoms with Gasteiger partial charge < -0.3 is 20.5 Å². The molecule has 3 rings (SSSR count). The van der Waals surface area contributed by atoms with Crippen molar-refractivity contribution in [1.82, 2.24) is 4.98 Å². The lowest BCUT2D eigenvalue weighted by Gasteiger charge is -2.22. The van der Waals surface area contributed by atoms with E-state index in [0.717, 1.165) is 22.7 Å². The van der Waals surface area contributed by atoms with Crippen LogP contribution >= 0.6 is 0 Å².